The van der Waals surface area contributed by atoms with Crippen molar-refractivity contribution in [1.82, 2.24) is 18.9 Å². The Morgan fingerprint density at radius 1 is 1.08 bits per heavy atom. The van der Waals surface area contributed by atoms with E-state index in [4.69, 9.17) is 0 Å². The molecule has 2 heterocycles. The number of aromatic nitrogens is 4. The molecule has 0 bridgehead atoms. The molecule has 24 heavy (non-hydrogen) atoms. The van der Waals surface area contributed by atoms with Gasteiger partial charge in [0, 0.05) is 38.8 Å². The number of nitrogens with zero attached hydrogens (tertiary/aromatic N) is 4. The summed E-state index contributed by atoms with van der Waals surface area (Å²) in [5.41, 5.74) is -1.32. The molecule has 0 spiro atoms. The number of rotatable bonds is 3. The Hall–Kier alpha value is -2.36. The van der Waals surface area contributed by atoms with Gasteiger partial charge >= 0.3 is 5.69 Å². The van der Waals surface area contributed by atoms with E-state index in [1.54, 1.807) is 7.05 Å². The van der Waals surface area contributed by atoms with Gasteiger partial charge in [-0.15, -0.1) is 0 Å². The first kappa shape index (κ1) is 18.0. The van der Waals surface area contributed by atoms with Gasteiger partial charge in [-0.3, -0.25) is 23.3 Å². The molecular weight excluding hydrogens is 334 g/mol. The van der Waals surface area contributed by atoms with Crippen molar-refractivity contribution >= 4 is 15.8 Å². The van der Waals surface area contributed by atoms with Gasteiger partial charge < -0.3 is 0 Å². The summed E-state index contributed by atoms with van der Waals surface area (Å²) < 4.78 is 31.2. The zero-order valence-corrected chi connectivity index (χ0v) is 15.3. The average molecular weight is 355 g/mol. The summed E-state index contributed by atoms with van der Waals surface area (Å²) in [5, 5.41) is 4.22. The Morgan fingerprint density at radius 3 is 2.21 bits per heavy atom. The molecule has 0 aliphatic carbocycles. The van der Waals surface area contributed by atoms with Crippen LogP contribution in [0.1, 0.15) is 26.5 Å². The molecule has 0 fully saturated rings. The van der Waals surface area contributed by atoms with Crippen LogP contribution in [0.2, 0.25) is 0 Å². The molecule has 0 saturated heterocycles. The maximum Gasteiger partial charge on any atom is 0.332 e. The molecule has 0 unspecified atom stereocenters. The van der Waals surface area contributed by atoms with Crippen molar-refractivity contribution < 1.29 is 8.42 Å². The molecule has 0 aliphatic heterocycles. The first-order valence-corrected chi connectivity index (χ1v) is 8.67. The van der Waals surface area contributed by atoms with E-state index in [0.29, 0.717) is 5.69 Å². The van der Waals surface area contributed by atoms with Crippen LogP contribution < -0.4 is 16.0 Å². The third-order valence-corrected chi connectivity index (χ3v) is 4.92. The lowest BCUT2D eigenvalue weighted by molar-refractivity contribution is 0.538. The molecule has 132 valence electrons. The third-order valence-electron chi connectivity index (χ3n) is 3.56. The zero-order chi connectivity index (χ0) is 18.4. The van der Waals surface area contributed by atoms with E-state index < -0.39 is 26.7 Å². The number of aryl methyl sites for hydroxylation is 1. The minimum Gasteiger partial charge on any atom is -0.282 e. The quantitative estimate of drug-likeness (QED) is 0.828. The Kier molecular flexibility index (Phi) is 4.21. The molecule has 0 aliphatic rings. The van der Waals surface area contributed by atoms with Crippen molar-refractivity contribution in [3.63, 3.8) is 0 Å². The van der Waals surface area contributed by atoms with E-state index in [1.165, 1.54) is 25.0 Å². The van der Waals surface area contributed by atoms with Gasteiger partial charge in [-0.2, -0.15) is 5.10 Å². The molecule has 2 rings (SSSR count). The van der Waals surface area contributed by atoms with Crippen LogP contribution in [0.4, 0.5) is 5.82 Å². The van der Waals surface area contributed by atoms with Gasteiger partial charge in [0.25, 0.3) is 15.6 Å². The minimum absolute atomic E-state index is 0.00521. The fourth-order valence-electron chi connectivity index (χ4n) is 2.21. The fraction of sp³-hybridized carbons (Fsp3) is 0.500. The van der Waals surface area contributed by atoms with Crippen molar-refractivity contribution in [2.45, 2.75) is 31.1 Å². The van der Waals surface area contributed by atoms with Crippen molar-refractivity contribution in [1.29, 1.82) is 0 Å². The molecule has 0 amide bonds. The third kappa shape index (κ3) is 3.14. The lowest BCUT2D eigenvalue weighted by Crippen LogP contribution is -2.38. The summed E-state index contributed by atoms with van der Waals surface area (Å²) in [6, 6.07) is 1.06. The molecule has 1 N–H and O–H groups in total. The molecule has 10 heteroatoms. The molecular formula is C14H21N5O4S. The summed E-state index contributed by atoms with van der Waals surface area (Å²) in [7, 11) is 0.315. The predicted molar refractivity (Wildman–Crippen MR) is 89.6 cm³/mol. The second kappa shape index (κ2) is 5.62. The highest BCUT2D eigenvalue weighted by Crippen LogP contribution is 2.28. The highest BCUT2D eigenvalue weighted by Gasteiger charge is 2.30. The first-order valence-electron chi connectivity index (χ1n) is 7.18. The van der Waals surface area contributed by atoms with Crippen LogP contribution in [0.5, 0.6) is 0 Å². The normalized spacial score (nSPS) is 12.4. The number of sulfonamides is 1. The Bertz CT molecular complexity index is 1010. The summed E-state index contributed by atoms with van der Waals surface area (Å²) in [4.78, 5) is 23.7. The van der Waals surface area contributed by atoms with Crippen LogP contribution in [0.25, 0.3) is 0 Å². The van der Waals surface area contributed by atoms with E-state index in [-0.39, 0.29) is 10.7 Å². The SMILES string of the molecule is Cn1cc(S(=O)(=O)Nc2cc(=O)n(C)c(=O)n2C)c(C(C)(C)C)n1. The maximum absolute atomic E-state index is 12.8. The van der Waals surface area contributed by atoms with Gasteiger partial charge in [0.05, 0.1) is 5.69 Å². The van der Waals surface area contributed by atoms with Crippen LogP contribution in [0.15, 0.2) is 26.7 Å². The molecule has 0 atom stereocenters. The van der Waals surface area contributed by atoms with Crippen molar-refractivity contribution in [2.75, 3.05) is 4.72 Å². The minimum atomic E-state index is -4.02. The molecule has 0 saturated carbocycles. The van der Waals surface area contributed by atoms with Gasteiger partial charge in [0.15, 0.2) is 0 Å². The molecule has 2 aromatic heterocycles. The summed E-state index contributed by atoms with van der Waals surface area (Å²) in [6.07, 6.45) is 1.39. The molecule has 2 aromatic rings. The maximum atomic E-state index is 12.8. The standard InChI is InChI=1S/C14H21N5O4S/c1-14(2,3)12-9(8-17(4)15-12)24(22,23)16-10-7-11(20)19(6)13(21)18(10)5/h7-8,16H,1-6H3. The fourth-order valence-corrected chi connectivity index (χ4v) is 3.68. The first-order chi connectivity index (χ1) is 10.8. The summed E-state index contributed by atoms with van der Waals surface area (Å²) in [6.45, 7) is 5.55. The Labute approximate surface area is 139 Å². The largest absolute Gasteiger partial charge is 0.332 e. The second-order valence-corrected chi connectivity index (χ2v) is 8.29. The van der Waals surface area contributed by atoms with Gasteiger partial charge in [0.1, 0.15) is 10.7 Å². The number of hydrogen-bond acceptors (Lipinski definition) is 5. The highest BCUT2D eigenvalue weighted by molar-refractivity contribution is 7.92. The summed E-state index contributed by atoms with van der Waals surface area (Å²) >= 11 is 0. The van der Waals surface area contributed by atoms with Gasteiger partial charge in [-0.1, -0.05) is 20.8 Å². The monoisotopic (exact) mass is 355 g/mol. The molecule has 0 aromatic carbocycles. The molecule has 0 radical (unpaired) electrons. The second-order valence-electron chi connectivity index (χ2n) is 6.64. The average Bonchev–Trinajstić information content (AvgIpc) is 2.85. The Morgan fingerprint density at radius 2 is 1.67 bits per heavy atom. The summed E-state index contributed by atoms with van der Waals surface area (Å²) in [5.74, 6) is -0.105. The lowest BCUT2D eigenvalue weighted by atomic mass is 9.92. The van der Waals surface area contributed by atoms with Crippen molar-refractivity contribution in [3.05, 3.63) is 38.8 Å². The van der Waals surface area contributed by atoms with E-state index in [0.717, 1.165) is 15.2 Å². The van der Waals surface area contributed by atoms with E-state index in [2.05, 4.69) is 9.82 Å². The zero-order valence-electron chi connectivity index (χ0n) is 14.5. The lowest BCUT2D eigenvalue weighted by Gasteiger charge is -2.18. The van der Waals surface area contributed by atoms with Crippen LogP contribution >= 0.6 is 0 Å². The number of hydrogen-bond donors (Lipinski definition) is 1. The van der Waals surface area contributed by atoms with Gasteiger partial charge in [-0.05, 0) is 0 Å². The van der Waals surface area contributed by atoms with E-state index in [9.17, 15) is 18.0 Å². The van der Waals surface area contributed by atoms with Gasteiger partial charge in [-0.25, -0.2) is 13.2 Å². The van der Waals surface area contributed by atoms with Gasteiger partial charge in [0.2, 0.25) is 0 Å². The number of anilines is 1. The van der Waals surface area contributed by atoms with Crippen LogP contribution in [0.3, 0.4) is 0 Å². The highest BCUT2D eigenvalue weighted by atomic mass is 32.2. The van der Waals surface area contributed by atoms with E-state index in [1.807, 2.05) is 20.8 Å². The van der Waals surface area contributed by atoms with Crippen LogP contribution in [-0.4, -0.2) is 27.3 Å². The number of nitrogens with one attached hydrogen (secondary N) is 1. The van der Waals surface area contributed by atoms with Crippen molar-refractivity contribution in [3.8, 4) is 0 Å². The van der Waals surface area contributed by atoms with E-state index >= 15 is 0 Å². The Balaban J connectivity index is 2.60. The predicted octanol–water partition coefficient (Wildman–Crippen LogP) is -0.0842. The smallest absolute Gasteiger partial charge is 0.282 e. The van der Waals surface area contributed by atoms with Crippen LogP contribution in [-0.2, 0) is 36.6 Å². The van der Waals surface area contributed by atoms with Crippen LogP contribution in [0, 0.1) is 0 Å². The topological polar surface area (TPSA) is 108 Å². The molecule has 9 nitrogen and oxygen atoms in total. The van der Waals surface area contributed by atoms with Crippen molar-refractivity contribution in [2.24, 2.45) is 21.1 Å².